The summed E-state index contributed by atoms with van der Waals surface area (Å²) in [4.78, 5) is 17.4. The van der Waals surface area contributed by atoms with E-state index in [1.165, 1.54) is 12.1 Å². The predicted octanol–water partition coefficient (Wildman–Crippen LogP) is -13.9. The fourth-order valence-corrected chi connectivity index (χ4v) is 12.3. The number of amides is 1. The van der Waals surface area contributed by atoms with Gasteiger partial charge in [0.25, 0.3) is 5.91 Å². The molecule has 23 N–H and O–H groups in total. The van der Waals surface area contributed by atoms with Crippen molar-refractivity contribution in [3.8, 4) is 5.75 Å². The van der Waals surface area contributed by atoms with E-state index in [2.05, 4.69) is 15.6 Å². The molecule has 0 unspecified atom stereocenters. The number of benzene rings is 1. The Morgan fingerprint density at radius 2 is 0.613 bits per heavy atom. The van der Waals surface area contributed by atoms with Crippen molar-refractivity contribution in [2.24, 2.45) is 0 Å². The zero-order valence-electron chi connectivity index (χ0n) is 48.9. The minimum Gasteiger partial charge on any atom is -0.506 e. The van der Waals surface area contributed by atoms with Crippen LogP contribution in [0.25, 0.3) is 10.9 Å². The van der Waals surface area contributed by atoms with Crippen LogP contribution in [0.1, 0.15) is 10.5 Å². The van der Waals surface area contributed by atoms with E-state index in [-0.39, 0.29) is 30.0 Å². The van der Waals surface area contributed by atoms with Crippen LogP contribution in [0.5, 0.6) is 5.75 Å². The molecule has 22 heterocycles. The number of aromatic hydroxyl groups is 1. The zero-order valence-corrected chi connectivity index (χ0v) is 48.9. The van der Waals surface area contributed by atoms with Crippen LogP contribution in [0.3, 0.4) is 0 Å². The number of aliphatic hydroxyl groups is 20. The van der Waals surface area contributed by atoms with Gasteiger partial charge in [-0.05, 0) is 12.1 Å². The molecule has 2 aromatic rings. The van der Waals surface area contributed by atoms with E-state index in [4.69, 9.17) is 66.3 Å². The maximum Gasteiger partial charge on any atom is 0.269 e. The third kappa shape index (κ3) is 14.8. The Hall–Kier alpha value is -3.50. The Bertz CT molecular complexity index is 2700. The number of pyridine rings is 1. The molecule has 21 fully saturated rings. The quantitative estimate of drug-likeness (QED) is 0.0878. The van der Waals surface area contributed by atoms with Gasteiger partial charge in [0.05, 0.1) is 39.6 Å². The Kier molecular flexibility index (Phi) is 24.2. The van der Waals surface area contributed by atoms with Crippen molar-refractivity contribution in [1.29, 1.82) is 0 Å². The summed E-state index contributed by atoms with van der Waals surface area (Å²) in [5.74, 6) is -0.828. The zero-order chi connectivity index (χ0) is 67.0. The Balaban J connectivity index is 0.918. The second-order valence-electron chi connectivity index (χ2n) is 23.5. The van der Waals surface area contributed by atoms with Gasteiger partial charge >= 0.3 is 0 Å². The first-order chi connectivity index (χ1) is 44.5. The molecule has 21 aliphatic rings. The third-order valence-electron chi connectivity index (χ3n) is 17.5. The van der Waals surface area contributed by atoms with Gasteiger partial charge in [-0.3, -0.25) is 4.79 Å². The molecule has 14 bridgehead atoms. The molecule has 39 nitrogen and oxygen atoms in total. The number of aliphatic hydroxyl groups excluding tert-OH is 20. The Morgan fingerprint density at radius 3 is 0.892 bits per heavy atom. The molecule has 35 atom stereocenters. The molecule has 21 saturated heterocycles. The van der Waals surface area contributed by atoms with Crippen LogP contribution in [0.4, 0.5) is 0 Å². The molecule has 0 spiro atoms. The Labute approximate surface area is 525 Å². The Morgan fingerprint density at radius 1 is 0.344 bits per heavy atom. The maximum absolute atomic E-state index is 13.2. The van der Waals surface area contributed by atoms with Crippen LogP contribution in [0.15, 0.2) is 30.3 Å². The summed E-state index contributed by atoms with van der Waals surface area (Å²) in [5.41, 5.74) is 0.104. The highest BCUT2D eigenvalue weighted by Gasteiger charge is 2.59. The van der Waals surface area contributed by atoms with Gasteiger partial charge in [-0.1, -0.05) is 18.2 Å². The van der Waals surface area contributed by atoms with Crippen molar-refractivity contribution in [1.82, 2.24) is 15.6 Å². The normalized spacial score (nSPS) is 47.8. The minimum absolute atomic E-state index is 0.0563. The van der Waals surface area contributed by atoms with Crippen LogP contribution in [-0.2, 0) is 66.3 Å². The van der Waals surface area contributed by atoms with Crippen LogP contribution in [-0.4, -0.2) is 392 Å². The molecule has 21 aliphatic heterocycles. The first-order valence-corrected chi connectivity index (χ1v) is 29.9. The smallest absolute Gasteiger partial charge is 0.269 e. The van der Waals surface area contributed by atoms with Crippen LogP contribution in [0.2, 0.25) is 0 Å². The number of aromatic nitrogens is 1. The van der Waals surface area contributed by atoms with Crippen LogP contribution in [0, 0.1) is 0 Å². The van der Waals surface area contributed by atoms with Crippen molar-refractivity contribution in [2.45, 2.75) is 215 Å². The van der Waals surface area contributed by atoms with Gasteiger partial charge in [0.2, 0.25) is 0 Å². The van der Waals surface area contributed by atoms with Crippen molar-refractivity contribution in [3.63, 3.8) is 0 Å². The number of nitrogens with one attached hydrogen (secondary N) is 2. The highest BCUT2D eigenvalue weighted by atomic mass is 16.8. The van der Waals surface area contributed by atoms with E-state index >= 15 is 0 Å². The second kappa shape index (κ2) is 31.1. The summed E-state index contributed by atoms with van der Waals surface area (Å²) in [7, 11) is 0. The van der Waals surface area contributed by atoms with Gasteiger partial charge in [-0.15, -0.1) is 0 Å². The van der Waals surface area contributed by atoms with E-state index in [1.807, 2.05) is 0 Å². The molecule has 0 saturated carbocycles. The van der Waals surface area contributed by atoms with Crippen LogP contribution < -0.4 is 10.6 Å². The third-order valence-corrected chi connectivity index (χ3v) is 17.5. The minimum atomic E-state index is -2.24. The van der Waals surface area contributed by atoms with Crippen LogP contribution >= 0.6 is 0 Å². The molecule has 1 amide bonds. The fourth-order valence-electron chi connectivity index (χ4n) is 12.3. The maximum atomic E-state index is 13.2. The highest BCUT2D eigenvalue weighted by molar-refractivity contribution is 5.95. The van der Waals surface area contributed by atoms with E-state index < -0.39 is 267 Å². The summed E-state index contributed by atoms with van der Waals surface area (Å²) < 4.78 is 81.4. The molecule has 39 heteroatoms. The molecule has 23 rings (SSSR count). The van der Waals surface area contributed by atoms with Crippen molar-refractivity contribution in [3.05, 3.63) is 36.0 Å². The lowest BCUT2D eigenvalue weighted by Crippen LogP contribution is -2.68. The highest BCUT2D eigenvalue weighted by Crippen LogP contribution is 2.39. The van der Waals surface area contributed by atoms with Crippen molar-refractivity contribution >= 4 is 16.8 Å². The van der Waals surface area contributed by atoms with Crippen molar-refractivity contribution in [2.75, 3.05) is 59.3 Å². The number of hydrogen-bond acceptors (Lipinski definition) is 38. The van der Waals surface area contributed by atoms with Gasteiger partial charge in [0.1, 0.15) is 188 Å². The molecule has 0 radical (unpaired) electrons. The van der Waals surface area contributed by atoms with E-state index in [0.29, 0.717) is 5.39 Å². The number of para-hydroxylation sites is 1. The monoisotopic (exact) mass is 1350 g/mol. The number of rotatable bonds is 12. The van der Waals surface area contributed by atoms with E-state index in [0.717, 1.165) is 0 Å². The van der Waals surface area contributed by atoms with E-state index in [1.54, 1.807) is 18.2 Å². The fraction of sp³-hybridized carbons (Fsp3) is 0.815. The summed E-state index contributed by atoms with van der Waals surface area (Å²) >= 11 is 0. The molecule has 93 heavy (non-hydrogen) atoms. The molecule has 1 aromatic carbocycles. The number of hydrogen-bond donors (Lipinski definition) is 23. The number of phenols is 1. The van der Waals surface area contributed by atoms with Gasteiger partial charge in [-0.2, -0.15) is 0 Å². The average molecular weight is 1350 g/mol. The molecule has 1 aromatic heterocycles. The van der Waals surface area contributed by atoms with Gasteiger partial charge in [0, 0.05) is 25.0 Å². The molecular weight excluding hydrogens is 1270 g/mol. The number of carbonyl (C=O) groups excluding carboxylic acids is 1. The number of fused-ring (bicyclic) bond motifs is 1. The lowest BCUT2D eigenvalue weighted by atomic mass is 9.95. The lowest BCUT2D eigenvalue weighted by molar-refractivity contribution is -0.396. The summed E-state index contributed by atoms with van der Waals surface area (Å²) in [5, 5.41) is 241. The van der Waals surface area contributed by atoms with E-state index in [9.17, 15) is 112 Å². The van der Waals surface area contributed by atoms with Crippen molar-refractivity contribution < 1.29 is 178 Å². The van der Waals surface area contributed by atoms with Gasteiger partial charge < -0.3 is 184 Å². The standard InChI is InChI=1S/C54H81N3O36/c58-9-19-41-28(67)35(74)50(82-19)90-43-21(11-60)84-52(37(76)30(43)69)92-45-23(13-62)86-54(39(78)32(45)71)93-46-24(14-63)85-53(38(77)31(46)70)91-44-22(12-61)83-51(36(75)29(44)68)89-42-20(10-59)81-49(34(73)27(42)66)87-40-18(80-48(88-41)33(72)26(40)65)8-55-6-7-56-47(79)16-5-4-15-2-1-3-17(64)25(15)57-16/h1-5,18-24,26-46,48-55,58-78H,6-14H2,(H,56,79)/t18-,19-,20-,21-,22-,23-,24-,26-,27-,28-,29-,30-,31-,32-,33-,34-,35-,36-,37-,38-,39-,40-,41-,42-,43-,44-,45-,46-,48-,49-,50-,51-,52-,53-,54-/m1/s1. The summed E-state index contributed by atoms with van der Waals surface area (Å²) in [6.45, 7) is -7.04. The number of ether oxygens (including phenoxy) is 14. The largest absolute Gasteiger partial charge is 0.506 e. The summed E-state index contributed by atoms with van der Waals surface area (Å²) in [6.07, 6.45) is -71.0. The summed E-state index contributed by atoms with van der Waals surface area (Å²) in [6, 6.07) is 7.66. The first-order valence-electron chi connectivity index (χ1n) is 29.9. The lowest BCUT2D eigenvalue weighted by Gasteiger charge is -2.50. The SMILES string of the molecule is O=C(NCCNC[C@H]1O[C@@H]2O[C@H]3[C@H](O)[C@@H](O)[C@@H](O[C@H]4[C@H](O)[C@@H](O)[C@@H](O[C@H]5[C@H](O)[C@@H](O)[C@@H](O[C@H]6[C@H](O)[C@@H](O)[C@@H](O[C@H]7[C@H](O)[C@@H](O)[C@@H](O[C@H]8[C@H](O)[C@@H](O)[C@@H](O[C@H]1[C@H](O)[C@H]2O)O[C@@H]8CO)O[C@@H]7CO)O[C@@H]6CO)O[C@@H]5CO)O[C@@H]4CO)O[C@@H]3CO)c1ccc2cccc(O)c2n1. The number of phenolic OH excluding ortho intramolecular Hbond substituents is 1. The number of nitrogens with zero attached hydrogens (tertiary/aromatic N) is 1. The topological polar surface area (TPSA) is 608 Å². The number of carbonyl (C=O) groups is 1. The first kappa shape index (κ1) is 72.2. The molecular formula is C54H81N3O36. The average Bonchev–Trinajstić information content (AvgIpc) is 0.795. The molecule has 0 aliphatic carbocycles. The molecule has 528 valence electrons. The van der Waals surface area contributed by atoms with Gasteiger partial charge in [-0.25, -0.2) is 4.98 Å². The predicted molar refractivity (Wildman–Crippen MR) is 290 cm³/mol. The second-order valence-corrected chi connectivity index (χ2v) is 23.5. The van der Waals surface area contributed by atoms with Gasteiger partial charge in [0.15, 0.2) is 44.0 Å².